The zero-order chi connectivity index (χ0) is 15.8. The third-order valence-corrected chi connectivity index (χ3v) is 3.43. The Hall–Kier alpha value is -2.32. The van der Waals surface area contributed by atoms with Crippen LogP contribution >= 0.6 is 0 Å². The normalized spacial score (nSPS) is 13.6. The maximum atomic E-state index is 11.8. The molecule has 112 valence electrons. The van der Waals surface area contributed by atoms with Gasteiger partial charge in [0, 0.05) is 11.2 Å². The van der Waals surface area contributed by atoms with Gasteiger partial charge in [0.1, 0.15) is 11.4 Å². The van der Waals surface area contributed by atoms with E-state index in [0.717, 1.165) is 11.5 Å². The van der Waals surface area contributed by atoms with Gasteiger partial charge in [-0.2, -0.15) is 0 Å². The smallest absolute Gasteiger partial charge is 0.326 e. The van der Waals surface area contributed by atoms with Gasteiger partial charge in [0.2, 0.25) is 5.91 Å². The molecular weight excluding hydrogens is 298 g/mol. The van der Waals surface area contributed by atoms with Gasteiger partial charge in [-0.1, -0.05) is 18.2 Å². The summed E-state index contributed by atoms with van der Waals surface area (Å²) in [5.41, 5.74) is 0. The van der Waals surface area contributed by atoms with Crippen LogP contribution in [0.15, 0.2) is 46.7 Å². The van der Waals surface area contributed by atoms with Gasteiger partial charge in [0.25, 0.3) is 0 Å². The van der Waals surface area contributed by atoms with Crippen molar-refractivity contribution >= 4 is 29.0 Å². The largest absolute Gasteiger partial charge is 0.607 e. The first kappa shape index (κ1) is 16.7. The molecule has 0 spiro atoms. The zero-order valence-electron chi connectivity index (χ0n) is 10.8. The molecule has 8 heteroatoms. The van der Waals surface area contributed by atoms with Gasteiger partial charge in [0.05, 0.1) is 12.5 Å². The van der Waals surface area contributed by atoms with Gasteiger partial charge < -0.3 is 20.1 Å². The van der Waals surface area contributed by atoms with Gasteiger partial charge in [-0.15, -0.1) is 0 Å². The summed E-state index contributed by atoms with van der Waals surface area (Å²) in [4.78, 5) is 33.2. The molecule has 0 aliphatic heterocycles. The highest BCUT2D eigenvalue weighted by molar-refractivity contribution is 7.94. The molecule has 0 aliphatic rings. The summed E-state index contributed by atoms with van der Waals surface area (Å²) in [5, 5.41) is 20.4. The van der Waals surface area contributed by atoms with Crippen LogP contribution in [-0.2, 0) is 25.6 Å². The molecule has 1 unspecified atom stereocenters. The van der Waals surface area contributed by atoms with Crippen LogP contribution in [0.4, 0.5) is 0 Å². The van der Waals surface area contributed by atoms with E-state index in [9.17, 15) is 18.9 Å². The van der Waals surface area contributed by atoms with Crippen LogP contribution in [-0.4, -0.2) is 38.7 Å². The molecule has 1 aromatic rings. The maximum absolute atomic E-state index is 11.8. The molecule has 0 bridgehead atoms. The Balaban J connectivity index is 2.61. The second-order valence-electron chi connectivity index (χ2n) is 3.91. The summed E-state index contributed by atoms with van der Waals surface area (Å²) in [6, 6.07) is 6.82. The van der Waals surface area contributed by atoms with Crippen LogP contribution < -0.4 is 5.32 Å². The molecule has 0 saturated heterocycles. The van der Waals surface area contributed by atoms with E-state index in [0.29, 0.717) is 4.90 Å². The Morgan fingerprint density at radius 1 is 1.24 bits per heavy atom. The molecule has 7 nitrogen and oxygen atoms in total. The molecule has 0 aromatic heterocycles. The Bertz CT molecular complexity index is 545. The van der Waals surface area contributed by atoms with Gasteiger partial charge in [0.15, 0.2) is 4.90 Å². The number of benzene rings is 1. The summed E-state index contributed by atoms with van der Waals surface area (Å²) in [5.74, 6) is -3.63. The summed E-state index contributed by atoms with van der Waals surface area (Å²) in [7, 11) is 0. The number of carboxylic acids is 2. The van der Waals surface area contributed by atoms with E-state index in [1.807, 2.05) is 5.32 Å². The van der Waals surface area contributed by atoms with Crippen molar-refractivity contribution in [2.45, 2.75) is 17.4 Å². The second kappa shape index (κ2) is 8.08. The maximum Gasteiger partial charge on any atom is 0.326 e. The Labute approximate surface area is 123 Å². The highest BCUT2D eigenvalue weighted by Crippen LogP contribution is 2.10. The van der Waals surface area contributed by atoms with Crippen LogP contribution in [0.1, 0.15) is 6.42 Å². The van der Waals surface area contributed by atoms with Crippen molar-refractivity contribution in [2.75, 3.05) is 0 Å². The van der Waals surface area contributed by atoms with Gasteiger partial charge in [-0.25, -0.2) is 4.79 Å². The molecule has 1 aromatic carbocycles. The molecule has 1 rings (SSSR count). The molecule has 0 aliphatic carbocycles. The van der Waals surface area contributed by atoms with Gasteiger partial charge in [-0.3, -0.25) is 9.59 Å². The third kappa shape index (κ3) is 6.11. The molecular formula is C13H13NO6S. The summed E-state index contributed by atoms with van der Waals surface area (Å²) in [6.07, 6.45) is 0.178. The van der Waals surface area contributed by atoms with Gasteiger partial charge in [-0.05, 0) is 12.1 Å². The lowest BCUT2D eigenvalue weighted by molar-refractivity contribution is -0.146. The van der Waals surface area contributed by atoms with Gasteiger partial charge >= 0.3 is 11.9 Å². The second-order valence-corrected chi connectivity index (χ2v) is 5.25. The highest BCUT2D eigenvalue weighted by Gasteiger charge is 2.22. The van der Waals surface area contributed by atoms with Crippen LogP contribution in [0.5, 0.6) is 0 Å². The van der Waals surface area contributed by atoms with E-state index in [2.05, 4.69) is 0 Å². The standard InChI is InChI=1S/C13H13NO6S/c15-11(14-10(13(18)19)8-12(16)17)6-7-21(20)9-4-2-1-3-5-9/h1-7,10H,8H2,(H,14,15)(H,16,17)(H,18,19)/t10-,21?/m1/s1. The predicted molar refractivity (Wildman–Crippen MR) is 73.8 cm³/mol. The molecule has 2 atom stereocenters. The average Bonchev–Trinajstić information content (AvgIpc) is 2.44. The highest BCUT2D eigenvalue weighted by atomic mass is 32.2. The van der Waals surface area contributed by atoms with Crippen LogP contribution in [0.25, 0.3) is 0 Å². The van der Waals surface area contributed by atoms with Crippen molar-refractivity contribution in [2.24, 2.45) is 0 Å². The molecule has 21 heavy (non-hydrogen) atoms. The van der Waals surface area contributed by atoms with Crippen molar-refractivity contribution in [3.8, 4) is 0 Å². The first-order valence-electron chi connectivity index (χ1n) is 5.79. The van der Waals surface area contributed by atoms with Crippen molar-refractivity contribution < 1.29 is 29.1 Å². The lowest BCUT2D eigenvalue weighted by Crippen LogP contribution is -2.41. The Kier molecular flexibility index (Phi) is 6.44. The zero-order valence-corrected chi connectivity index (χ0v) is 11.6. The first-order valence-corrected chi connectivity index (χ1v) is 7.00. The van der Waals surface area contributed by atoms with Crippen molar-refractivity contribution in [3.63, 3.8) is 0 Å². The Morgan fingerprint density at radius 2 is 1.86 bits per heavy atom. The number of amides is 1. The fraction of sp³-hybridized carbons (Fsp3) is 0.154. The monoisotopic (exact) mass is 311 g/mol. The molecule has 1 amide bonds. The summed E-state index contributed by atoms with van der Waals surface area (Å²) >= 11 is -1.55. The average molecular weight is 311 g/mol. The minimum absolute atomic E-state index is 0.488. The minimum atomic E-state index is -1.55. The number of carbonyl (C=O) groups is 3. The van der Waals surface area contributed by atoms with Crippen molar-refractivity contribution in [1.29, 1.82) is 0 Å². The van der Waals surface area contributed by atoms with E-state index in [4.69, 9.17) is 10.2 Å². The van der Waals surface area contributed by atoms with Crippen LogP contribution in [0.3, 0.4) is 0 Å². The Morgan fingerprint density at radius 3 is 2.38 bits per heavy atom. The van der Waals surface area contributed by atoms with E-state index in [-0.39, 0.29) is 0 Å². The van der Waals surface area contributed by atoms with E-state index >= 15 is 0 Å². The SMILES string of the molecule is O=C(O)C[C@@H](NC(=O)C=C[S+]([O-])c1ccccc1)C(=O)O. The summed E-state index contributed by atoms with van der Waals surface area (Å²) in [6.45, 7) is 0. The molecule has 0 fully saturated rings. The number of nitrogens with one attached hydrogen (secondary N) is 1. The summed E-state index contributed by atoms with van der Waals surface area (Å²) < 4.78 is 11.8. The quantitative estimate of drug-likeness (QED) is 0.492. The number of aliphatic carboxylic acids is 2. The fourth-order valence-electron chi connectivity index (χ4n) is 1.35. The lowest BCUT2D eigenvalue weighted by atomic mass is 10.2. The van der Waals surface area contributed by atoms with E-state index in [1.165, 1.54) is 0 Å². The lowest BCUT2D eigenvalue weighted by Gasteiger charge is -2.10. The predicted octanol–water partition coefficient (Wildman–Crippen LogP) is 0.352. The van der Waals surface area contributed by atoms with E-state index in [1.54, 1.807) is 30.3 Å². The molecule has 0 saturated carbocycles. The molecule has 3 N–H and O–H groups in total. The first-order chi connectivity index (χ1) is 9.90. The number of hydrogen-bond acceptors (Lipinski definition) is 4. The third-order valence-electron chi connectivity index (χ3n) is 2.31. The minimum Gasteiger partial charge on any atom is -0.607 e. The van der Waals surface area contributed by atoms with Crippen molar-refractivity contribution in [3.05, 3.63) is 41.8 Å². The number of carbonyl (C=O) groups excluding carboxylic acids is 1. The van der Waals surface area contributed by atoms with Crippen LogP contribution in [0, 0.1) is 0 Å². The van der Waals surface area contributed by atoms with Crippen LogP contribution in [0.2, 0.25) is 0 Å². The molecule has 0 heterocycles. The fourth-order valence-corrected chi connectivity index (χ4v) is 2.18. The topological polar surface area (TPSA) is 127 Å². The van der Waals surface area contributed by atoms with Crippen molar-refractivity contribution in [1.82, 2.24) is 5.32 Å². The number of carboxylic acid groups (broad SMARTS) is 2. The van der Waals surface area contributed by atoms with E-state index < -0.39 is 41.5 Å². The number of hydrogen-bond donors (Lipinski definition) is 3. The number of rotatable bonds is 7. The molecule has 0 radical (unpaired) electrons.